The van der Waals surface area contributed by atoms with E-state index in [1.54, 1.807) is 6.07 Å². The van der Waals surface area contributed by atoms with Gasteiger partial charge in [-0.2, -0.15) is 0 Å². The van der Waals surface area contributed by atoms with Crippen LogP contribution in [0.3, 0.4) is 0 Å². The van der Waals surface area contributed by atoms with Crippen LogP contribution < -0.4 is 4.90 Å². The maximum Gasteiger partial charge on any atom is 0.329 e. The van der Waals surface area contributed by atoms with Crippen LogP contribution in [0.4, 0.5) is 10.6 Å². The Labute approximate surface area is 105 Å². The van der Waals surface area contributed by atoms with Crippen molar-refractivity contribution in [2.75, 3.05) is 11.9 Å². The third-order valence-corrected chi connectivity index (χ3v) is 2.92. The summed E-state index contributed by atoms with van der Waals surface area (Å²) < 4.78 is 5.15. The van der Waals surface area contributed by atoms with Gasteiger partial charge >= 0.3 is 6.03 Å². The molecule has 1 aromatic heterocycles. The average molecular weight is 255 g/mol. The standard InChI is InChI=1S/C11H17N3O4/c1-11(2,3)6-5-7(12-18-6)14-9(16)8(15)13(4)10(14)17/h5,8-9,15-16H,1-4H3. The van der Waals surface area contributed by atoms with E-state index < -0.39 is 18.5 Å². The Balaban J connectivity index is 2.33. The van der Waals surface area contributed by atoms with Crippen molar-refractivity contribution in [2.45, 2.75) is 38.6 Å². The van der Waals surface area contributed by atoms with E-state index in [1.807, 2.05) is 20.8 Å². The molecule has 2 N–H and O–H groups in total. The van der Waals surface area contributed by atoms with Gasteiger partial charge in [0.15, 0.2) is 18.3 Å². The van der Waals surface area contributed by atoms with Crippen molar-refractivity contribution in [1.29, 1.82) is 0 Å². The van der Waals surface area contributed by atoms with E-state index in [9.17, 15) is 15.0 Å². The van der Waals surface area contributed by atoms with Crippen molar-refractivity contribution in [3.8, 4) is 0 Å². The van der Waals surface area contributed by atoms with E-state index in [0.717, 1.165) is 9.80 Å². The zero-order chi connectivity index (χ0) is 13.7. The normalized spacial score (nSPS) is 25.1. The fourth-order valence-electron chi connectivity index (χ4n) is 1.70. The number of amides is 2. The topological polar surface area (TPSA) is 90.0 Å². The maximum absolute atomic E-state index is 11.8. The molecule has 0 bridgehead atoms. The lowest BCUT2D eigenvalue weighted by Gasteiger charge is -2.16. The first-order valence-electron chi connectivity index (χ1n) is 5.63. The summed E-state index contributed by atoms with van der Waals surface area (Å²) in [5, 5.41) is 23.2. The molecule has 18 heavy (non-hydrogen) atoms. The highest BCUT2D eigenvalue weighted by atomic mass is 16.5. The van der Waals surface area contributed by atoms with E-state index in [0.29, 0.717) is 5.76 Å². The highest BCUT2D eigenvalue weighted by Gasteiger charge is 2.44. The molecule has 2 amide bonds. The molecule has 0 saturated carbocycles. The Morgan fingerprint density at radius 1 is 1.33 bits per heavy atom. The molecule has 0 aromatic carbocycles. The number of aliphatic hydroxyl groups excluding tert-OH is 2. The van der Waals surface area contributed by atoms with Crippen molar-refractivity contribution in [1.82, 2.24) is 10.1 Å². The first-order chi connectivity index (χ1) is 8.23. The Kier molecular flexibility index (Phi) is 2.83. The summed E-state index contributed by atoms with van der Waals surface area (Å²) in [7, 11) is 1.40. The lowest BCUT2D eigenvalue weighted by Crippen LogP contribution is -2.36. The molecule has 7 heteroatoms. The quantitative estimate of drug-likeness (QED) is 0.761. The van der Waals surface area contributed by atoms with E-state index in [1.165, 1.54) is 7.05 Å². The van der Waals surface area contributed by atoms with Crippen LogP contribution in [0, 0.1) is 0 Å². The molecule has 1 aliphatic rings. The van der Waals surface area contributed by atoms with E-state index in [4.69, 9.17) is 4.52 Å². The molecule has 2 unspecified atom stereocenters. The molecule has 0 spiro atoms. The molecule has 1 fully saturated rings. The molecular formula is C11H17N3O4. The summed E-state index contributed by atoms with van der Waals surface area (Å²) in [6.45, 7) is 5.83. The Morgan fingerprint density at radius 2 is 1.94 bits per heavy atom. The zero-order valence-corrected chi connectivity index (χ0v) is 10.8. The lowest BCUT2D eigenvalue weighted by atomic mass is 9.93. The third kappa shape index (κ3) is 1.85. The van der Waals surface area contributed by atoms with Gasteiger partial charge in [0.25, 0.3) is 0 Å². The summed E-state index contributed by atoms with van der Waals surface area (Å²) in [6, 6.07) is 1.07. The minimum atomic E-state index is -1.35. The van der Waals surface area contributed by atoms with Crippen LogP contribution in [0.5, 0.6) is 0 Å². The highest BCUT2D eigenvalue weighted by molar-refractivity contribution is 5.93. The predicted molar refractivity (Wildman–Crippen MR) is 62.9 cm³/mol. The highest BCUT2D eigenvalue weighted by Crippen LogP contribution is 2.30. The second kappa shape index (κ2) is 3.96. The third-order valence-electron chi connectivity index (χ3n) is 2.92. The smallest absolute Gasteiger partial charge is 0.329 e. The van der Waals surface area contributed by atoms with Crippen LogP contribution in [0.15, 0.2) is 10.6 Å². The van der Waals surface area contributed by atoms with Gasteiger partial charge in [-0.15, -0.1) is 0 Å². The van der Waals surface area contributed by atoms with Crippen molar-refractivity contribution < 1.29 is 19.5 Å². The summed E-state index contributed by atoms with van der Waals surface area (Å²) in [5.41, 5.74) is -0.247. The van der Waals surface area contributed by atoms with Gasteiger partial charge < -0.3 is 14.7 Å². The number of rotatable bonds is 1. The Morgan fingerprint density at radius 3 is 2.33 bits per heavy atom. The van der Waals surface area contributed by atoms with E-state index >= 15 is 0 Å². The van der Waals surface area contributed by atoms with Gasteiger partial charge in [-0.3, -0.25) is 4.90 Å². The number of carbonyl (C=O) groups excluding carboxylic acids is 1. The average Bonchev–Trinajstić information content (AvgIpc) is 2.81. The lowest BCUT2D eigenvalue weighted by molar-refractivity contribution is -0.0184. The van der Waals surface area contributed by atoms with Gasteiger partial charge in [0.2, 0.25) is 0 Å². The molecule has 1 aromatic rings. The fourth-order valence-corrected chi connectivity index (χ4v) is 1.70. The molecule has 1 aliphatic heterocycles. The number of aromatic nitrogens is 1. The van der Waals surface area contributed by atoms with E-state index in [2.05, 4.69) is 5.16 Å². The zero-order valence-electron chi connectivity index (χ0n) is 10.8. The SMILES string of the molecule is CN1C(=O)N(c2cc(C(C)(C)C)on2)C(O)C1O. The molecular weight excluding hydrogens is 238 g/mol. The molecule has 7 nitrogen and oxygen atoms in total. The van der Waals surface area contributed by atoms with Crippen LogP contribution >= 0.6 is 0 Å². The van der Waals surface area contributed by atoms with Gasteiger partial charge in [0.1, 0.15) is 5.76 Å². The monoisotopic (exact) mass is 255 g/mol. The number of anilines is 1. The van der Waals surface area contributed by atoms with Crippen molar-refractivity contribution in [3.63, 3.8) is 0 Å². The van der Waals surface area contributed by atoms with Crippen molar-refractivity contribution >= 4 is 11.8 Å². The number of urea groups is 1. The number of likely N-dealkylation sites (N-methyl/N-ethyl adjacent to an activating group) is 1. The molecule has 100 valence electrons. The van der Waals surface area contributed by atoms with Gasteiger partial charge in [0.05, 0.1) is 0 Å². The molecule has 2 heterocycles. The predicted octanol–water partition coefficient (Wildman–Crippen LogP) is 0.481. The van der Waals surface area contributed by atoms with Gasteiger partial charge in [-0.1, -0.05) is 25.9 Å². The molecule has 1 saturated heterocycles. The summed E-state index contributed by atoms with van der Waals surface area (Å²) in [6.07, 6.45) is -2.62. The fraction of sp³-hybridized carbons (Fsp3) is 0.636. The first kappa shape index (κ1) is 12.8. The van der Waals surface area contributed by atoms with Gasteiger partial charge in [-0.25, -0.2) is 9.69 Å². The molecule has 0 radical (unpaired) electrons. The van der Waals surface area contributed by atoms with Crippen LogP contribution in [0.2, 0.25) is 0 Å². The van der Waals surface area contributed by atoms with Crippen LogP contribution in [-0.4, -0.2) is 45.8 Å². The largest absolute Gasteiger partial charge is 0.369 e. The minimum absolute atomic E-state index is 0.195. The van der Waals surface area contributed by atoms with Gasteiger partial charge in [-0.05, 0) is 0 Å². The first-order valence-corrected chi connectivity index (χ1v) is 5.63. The Bertz CT molecular complexity index is 465. The molecule has 0 aliphatic carbocycles. The maximum atomic E-state index is 11.8. The van der Waals surface area contributed by atoms with Gasteiger partial charge in [0, 0.05) is 18.5 Å². The summed E-state index contributed by atoms with van der Waals surface area (Å²) in [4.78, 5) is 13.9. The van der Waals surface area contributed by atoms with Crippen molar-refractivity contribution in [3.05, 3.63) is 11.8 Å². The van der Waals surface area contributed by atoms with Crippen molar-refractivity contribution in [2.24, 2.45) is 0 Å². The molecule has 2 rings (SSSR count). The van der Waals surface area contributed by atoms with Crippen LogP contribution in [-0.2, 0) is 5.41 Å². The number of carbonyl (C=O) groups is 1. The second-order valence-corrected chi connectivity index (χ2v) is 5.39. The number of hydrogen-bond donors (Lipinski definition) is 2. The van der Waals surface area contributed by atoms with Crippen LogP contribution in [0.25, 0.3) is 0 Å². The number of aliphatic hydroxyl groups is 2. The molecule has 2 atom stereocenters. The minimum Gasteiger partial charge on any atom is -0.369 e. The summed E-state index contributed by atoms with van der Waals surface area (Å²) in [5.74, 6) is 0.794. The number of hydrogen-bond acceptors (Lipinski definition) is 5. The van der Waals surface area contributed by atoms with Crippen LogP contribution in [0.1, 0.15) is 26.5 Å². The number of nitrogens with zero attached hydrogens (tertiary/aromatic N) is 3. The van der Waals surface area contributed by atoms with E-state index in [-0.39, 0.29) is 11.2 Å². The Hall–Kier alpha value is -1.60. The summed E-state index contributed by atoms with van der Waals surface area (Å²) >= 11 is 0. The second-order valence-electron chi connectivity index (χ2n) is 5.39.